The van der Waals surface area contributed by atoms with Gasteiger partial charge in [-0.15, -0.1) is 0 Å². The van der Waals surface area contributed by atoms with E-state index < -0.39 is 20.7 Å². The Bertz CT molecular complexity index is 1020. The molecule has 0 atom stereocenters. The first kappa shape index (κ1) is 26.1. The Morgan fingerprint density at radius 3 is 2.59 bits per heavy atom. The average Bonchev–Trinajstić information content (AvgIpc) is 2.88. The molecule has 2 N–H and O–H groups in total. The number of hydrogen-bond acceptors (Lipinski definition) is 8. The highest BCUT2D eigenvalue weighted by molar-refractivity contribution is 7.91. The quantitative estimate of drug-likeness (QED) is 0.191. The van der Waals surface area contributed by atoms with Crippen LogP contribution in [0.1, 0.15) is 62.1 Å². The minimum absolute atomic E-state index is 0.00833. The second-order valence-electron chi connectivity index (χ2n) is 8.43. The molecule has 3 rings (SSSR count). The topological polar surface area (TPSA) is 135 Å². The minimum Gasteiger partial charge on any atom is -0.469 e. The van der Waals surface area contributed by atoms with Crippen LogP contribution in [0.15, 0.2) is 18.3 Å². The molecule has 11 heteroatoms. The van der Waals surface area contributed by atoms with Gasteiger partial charge < -0.3 is 9.47 Å². The Labute approximate surface area is 200 Å². The number of sulfonamides is 1. The van der Waals surface area contributed by atoms with Crippen molar-refractivity contribution in [2.45, 2.75) is 55.6 Å². The van der Waals surface area contributed by atoms with Gasteiger partial charge >= 0.3 is 5.97 Å². The van der Waals surface area contributed by atoms with E-state index in [0.29, 0.717) is 32.1 Å². The van der Waals surface area contributed by atoms with E-state index >= 15 is 0 Å². The van der Waals surface area contributed by atoms with Gasteiger partial charge in [-0.3, -0.25) is 19.8 Å². The van der Waals surface area contributed by atoms with Gasteiger partial charge in [0.2, 0.25) is 10.0 Å². The number of pyridine rings is 1. The van der Waals surface area contributed by atoms with Crippen LogP contribution in [0, 0.1) is 11.8 Å². The van der Waals surface area contributed by atoms with E-state index in [0.717, 1.165) is 11.3 Å². The summed E-state index contributed by atoms with van der Waals surface area (Å²) in [4.78, 5) is 28.0. The van der Waals surface area contributed by atoms with Crippen LogP contribution in [0.4, 0.5) is 0 Å². The molecule has 0 aliphatic carbocycles. The third kappa shape index (κ3) is 5.75. The van der Waals surface area contributed by atoms with E-state index in [1.807, 2.05) is 12.1 Å². The van der Waals surface area contributed by atoms with Crippen molar-refractivity contribution in [3.8, 4) is 11.8 Å². The lowest BCUT2D eigenvalue weighted by Crippen LogP contribution is -2.60. The molecule has 1 aromatic heterocycles. The van der Waals surface area contributed by atoms with Crippen molar-refractivity contribution < 1.29 is 32.7 Å². The van der Waals surface area contributed by atoms with Crippen LogP contribution in [0.25, 0.3) is 0 Å². The second-order valence-corrected chi connectivity index (χ2v) is 10.7. The molecule has 1 amide bonds. The van der Waals surface area contributed by atoms with Crippen molar-refractivity contribution in [2.75, 3.05) is 33.4 Å². The van der Waals surface area contributed by atoms with Crippen LogP contribution in [-0.2, 0) is 29.1 Å². The van der Waals surface area contributed by atoms with Crippen molar-refractivity contribution in [3.63, 3.8) is 0 Å². The number of nitrogens with zero attached hydrogens (tertiary/aromatic N) is 2. The first-order chi connectivity index (χ1) is 16.3. The molecule has 0 spiro atoms. The molecule has 3 heterocycles. The zero-order valence-electron chi connectivity index (χ0n) is 19.3. The van der Waals surface area contributed by atoms with Crippen molar-refractivity contribution in [1.29, 1.82) is 0 Å². The molecule has 0 aromatic carbocycles. The highest BCUT2D eigenvalue weighted by Crippen LogP contribution is 2.36. The third-order valence-corrected chi connectivity index (χ3v) is 9.08. The molecular formula is C23H31N3O7S. The monoisotopic (exact) mass is 493 g/mol. The zero-order valence-corrected chi connectivity index (χ0v) is 20.1. The number of esters is 1. The lowest BCUT2D eigenvalue weighted by atomic mass is 9.94. The Kier molecular flexibility index (Phi) is 9.02. The van der Waals surface area contributed by atoms with Crippen molar-refractivity contribution in [2.24, 2.45) is 0 Å². The molecule has 0 saturated carbocycles. The van der Waals surface area contributed by atoms with Gasteiger partial charge in [0.1, 0.15) is 0 Å². The normalized spacial score (nSPS) is 19.0. The standard InChI is InChI=1S/C23H31N3O7S/c1-32-21(27)6-4-2-3-5-18-7-8-20(24-17-18)19-9-13-26(14-10-19)34(30,31)23(22(28)25-29)11-15-33-16-12-23/h7-8,17,19,29H,2,4,6,9-16H2,1H3,(H,25,28). The van der Waals surface area contributed by atoms with E-state index in [2.05, 4.69) is 21.6 Å². The van der Waals surface area contributed by atoms with E-state index in [1.54, 1.807) is 11.7 Å². The van der Waals surface area contributed by atoms with Gasteiger partial charge in [0.05, 0.1) is 7.11 Å². The lowest BCUT2D eigenvalue weighted by Gasteiger charge is -2.40. The Morgan fingerprint density at radius 1 is 1.29 bits per heavy atom. The van der Waals surface area contributed by atoms with Crippen LogP contribution >= 0.6 is 0 Å². The fourth-order valence-corrected chi connectivity index (χ4v) is 6.50. The van der Waals surface area contributed by atoms with E-state index in [4.69, 9.17) is 4.74 Å². The molecule has 2 aliphatic rings. The van der Waals surface area contributed by atoms with Crippen LogP contribution in [-0.4, -0.2) is 73.0 Å². The molecule has 2 fully saturated rings. The molecule has 2 saturated heterocycles. The smallest absolute Gasteiger partial charge is 0.305 e. The Balaban J connectivity index is 1.58. The number of aromatic nitrogens is 1. The number of carbonyl (C=O) groups excluding carboxylic acids is 2. The van der Waals surface area contributed by atoms with Gasteiger partial charge in [0.15, 0.2) is 4.75 Å². The number of ether oxygens (including phenoxy) is 2. The molecule has 0 bridgehead atoms. The second kappa shape index (κ2) is 11.8. The maximum absolute atomic E-state index is 13.4. The molecular weight excluding hydrogens is 462 g/mol. The number of rotatable bonds is 7. The molecule has 10 nitrogen and oxygen atoms in total. The van der Waals surface area contributed by atoms with E-state index in [1.165, 1.54) is 11.4 Å². The van der Waals surface area contributed by atoms with Crippen LogP contribution in [0.2, 0.25) is 0 Å². The predicted octanol–water partition coefficient (Wildman–Crippen LogP) is 1.34. The fourth-order valence-electron chi connectivity index (χ4n) is 4.35. The van der Waals surface area contributed by atoms with E-state index in [9.17, 15) is 23.2 Å². The molecule has 0 radical (unpaired) electrons. The number of unbranched alkanes of at least 4 members (excludes halogenated alkanes) is 1. The predicted molar refractivity (Wildman–Crippen MR) is 122 cm³/mol. The van der Waals surface area contributed by atoms with Crippen molar-refractivity contribution >= 4 is 21.9 Å². The minimum atomic E-state index is -3.98. The van der Waals surface area contributed by atoms with E-state index in [-0.39, 0.29) is 51.0 Å². The summed E-state index contributed by atoms with van der Waals surface area (Å²) in [7, 11) is -2.62. The average molecular weight is 494 g/mol. The summed E-state index contributed by atoms with van der Waals surface area (Å²) in [6, 6.07) is 3.80. The number of piperidine rings is 1. The molecule has 186 valence electrons. The van der Waals surface area contributed by atoms with Gasteiger partial charge in [0, 0.05) is 75.4 Å². The summed E-state index contributed by atoms with van der Waals surface area (Å²) >= 11 is 0. The van der Waals surface area contributed by atoms with Gasteiger partial charge in [-0.2, -0.15) is 0 Å². The largest absolute Gasteiger partial charge is 0.469 e. The van der Waals surface area contributed by atoms with Gasteiger partial charge in [0.25, 0.3) is 5.91 Å². The number of nitrogens with one attached hydrogen (secondary N) is 1. The maximum atomic E-state index is 13.4. The van der Waals surface area contributed by atoms with Gasteiger partial charge in [-0.1, -0.05) is 11.8 Å². The summed E-state index contributed by atoms with van der Waals surface area (Å²) < 4.78 is 36.3. The molecule has 2 aliphatic heterocycles. The summed E-state index contributed by atoms with van der Waals surface area (Å²) in [5.74, 6) is 5.01. The fraction of sp³-hybridized carbons (Fsp3) is 0.609. The third-order valence-electron chi connectivity index (χ3n) is 6.45. The van der Waals surface area contributed by atoms with Gasteiger partial charge in [-0.25, -0.2) is 18.2 Å². The first-order valence-corrected chi connectivity index (χ1v) is 12.8. The van der Waals surface area contributed by atoms with Crippen molar-refractivity contribution in [3.05, 3.63) is 29.6 Å². The highest BCUT2D eigenvalue weighted by atomic mass is 32.2. The number of methoxy groups -OCH3 is 1. The summed E-state index contributed by atoms with van der Waals surface area (Å²) in [5, 5.41) is 9.18. The van der Waals surface area contributed by atoms with Crippen LogP contribution < -0.4 is 5.48 Å². The Hall–Kier alpha value is -2.52. The zero-order chi connectivity index (χ0) is 24.6. The van der Waals surface area contributed by atoms with Crippen LogP contribution in [0.3, 0.4) is 0 Å². The SMILES string of the molecule is COC(=O)CCCC#Cc1ccc(C2CCN(S(=O)(=O)C3(C(=O)NO)CCOCC3)CC2)nc1. The maximum Gasteiger partial charge on any atom is 0.305 e. The number of hydrogen-bond donors (Lipinski definition) is 2. The van der Waals surface area contributed by atoms with Crippen LogP contribution in [0.5, 0.6) is 0 Å². The highest BCUT2D eigenvalue weighted by Gasteiger charge is 2.54. The first-order valence-electron chi connectivity index (χ1n) is 11.4. The van der Waals surface area contributed by atoms with Crippen molar-refractivity contribution in [1.82, 2.24) is 14.8 Å². The van der Waals surface area contributed by atoms with Gasteiger partial charge in [-0.05, 0) is 31.4 Å². The summed E-state index contributed by atoms with van der Waals surface area (Å²) in [6.45, 7) is 0.844. The number of amides is 1. The number of hydroxylamine groups is 1. The lowest BCUT2D eigenvalue weighted by molar-refractivity contribution is -0.140. The summed E-state index contributed by atoms with van der Waals surface area (Å²) in [5.41, 5.74) is 3.20. The Morgan fingerprint density at radius 2 is 2.00 bits per heavy atom. The molecule has 1 aromatic rings. The molecule has 34 heavy (non-hydrogen) atoms. The summed E-state index contributed by atoms with van der Waals surface area (Å²) in [6.07, 6.45) is 4.45. The molecule has 0 unspecified atom stereocenters. The number of carbonyl (C=O) groups is 2.